The van der Waals surface area contributed by atoms with Gasteiger partial charge < -0.3 is 5.32 Å². The van der Waals surface area contributed by atoms with Crippen LogP contribution in [0.4, 0.5) is 0 Å². The van der Waals surface area contributed by atoms with E-state index in [4.69, 9.17) is 0 Å². The van der Waals surface area contributed by atoms with E-state index >= 15 is 0 Å². The lowest BCUT2D eigenvalue weighted by Crippen LogP contribution is -2.31. The molecule has 1 unspecified atom stereocenters. The largest absolute Gasteiger partial charge is 0.314 e. The third-order valence-electron chi connectivity index (χ3n) is 3.72. The number of hydrogen-bond donors (Lipinski definition) is 1. The Morgan fingerprint density at radius 2 is 1.94 bits per heavy atom. The summed E-state index contributed by atoms with van der Waals surface area (Å²) in [4.78, 5) is 0. The highest BCUT2D eigenvalue weighted by Gasteiger charge is 2.22. The molecule has 0 heterocycles. The van der Waals surface area contributed by atoms with E-state index in [1.807, 2.05) is 0 Å². The van der Waals surface area contributed by atoms with Crippen LogP contribution in [0.3, 0.4) is 0 Å². The third kappa shape index (κ3) is 4.51. The molecule has 1 aliphatic rings. The molecule has 0 aromatic heterocycles. The first-order valence-corrected chi connectivity index (χ1v) is 7.07. The second-order valence-corrected chi connectivity index (χ2v) is 5.47. The highest BCUT2D eigenvalue weighted by Crippen LogP contribution is 2.34. The molecule has 1 aliphatic carbocycles. The van der Waals surface area contributed by atoms with Crippen LogP contribution in [0.1, 0.15) is 43.7 Å². The highest BCUT2D eigenvalue weighted by atomic mass is 14.9. The number of hydrogen-bond acceptors (Lipinski definition) is 1. The van der Waals surface area contributed by atoms with Crippen molar-refractivity contribution in [3.05, 3.63) is 35.4 Å². The third-order valence-corrected chi connectivity index (χ3v) is 3.72. The zero-order valence-electron chi connectivity index (χ0n) is 11.2. The van der Waals surface area contributed by atoms with Gasteiger partial charge in [0, 0.05) is 6.04 Å². The molecule has 17 heavy (non-hydrogen) atoms. The minimum Gasteiger partial charge on any atom is -0.314 e. The molecule has 0 amide bonds. The smallest absolute Gasteiger partial charge is 0.0107 e. The standard InChI is InChI=1S/C16H25N/c1-3-17-16(11-10-14-8-9-14)12-15-6-4-13(2)5-7-15/h4-7,14,16-17H,3,8-12H2,1-2H3. The molecular weight excluding hydrogens is 206 g/mol. The number of nitrogens with one attached hydrogen (secondary N) is 1. The van der Waals surface area contributed by atoms with Crippen molar-refractivity contribution in [2.45, 2.75) is 52.0 Å². The van der Waals surface area contributed by atoms with Crippen LogP contribution in [0.5, 0.6) is 0 Å². The van der Waals surface area contributed by atoms with Gasteiger partial charge in [0.15, 0.2) is 0 Å². The van der Waals surface area contributed by atoms with Gasteiger partial charge >= 0.3 is 0 Å². The van der Waals surface area contributed by atoms with Crippen LogP contribution in [-0.4, -0.2) is 12.6 Å². The summed E-state index contributed by atoms with van der Waals surface area (Å²) in [6.07, 6.45) is 6.89. The molecule has 0 radical (unpaired) electrons. The van der Waals surface area contributed by atoms with Crippen molar-refractivity contribution in [1.29, 1.82) is 0 Å². The van der Waals surface area contributed by atoms with E-state index in [1.165, 1.54) is 43.2 Å². The van der Waals surface area contributed by atoms with Gasteiger partial charge in [-0.2, -0.15) is 0 Å². The number of benzene rings is 1. The minimum atomic E-state index is 0.670. The Morgan fingerprint density at radius 1 is 1.24 bits per heavy atom. The molecule has 1 heteroatoms. The van der Waals surface area contributed by atoms with Crippen LogP contribution in [0.25, 0.3) is 0 Å². The molecule has 0 bridgehead atoms. The second-order valence-electron chi connectivity index (χ2n) is 5.47. The molecule has 1 N–H and O–H groups in total. The van der Waals surface area contributed by atoms with Crippen molar-refractivity contribution >= 4 is 0 Å². The van der Waals surface area contributed by atoms with Gasteiger partial charge in [0.05, 0.1) is 0 Å². The number of likely N-dealkylation sites (N-methyl/N-ethyl adjacent to an activating group) is 1. The monoisotopic (exact) mass is 231 g/mol. The van der Waals surface area contributed by atoms with Gasteiger partial charge in [0.2, 0.25) is 0 Å². The Kier molecular flexibility index (Phi) is 4.61. The lowest BCUT2D eigenvalue weighted by molar-refractivity contribution is 0.462. The Labute approximate surface area is 106 Å². The van der Waals surface area contributed by atoms with Gasteiger partial charge in [-0.25, -0.2) is 0 Å². The zero-order chi connectivity index (χ0) is 12.1. The van der Waals surface area contributed by atoms with Gasteiger partial charge in [0.25, 0.3) is 0 Å². The van der Waals surface area contributed by atoms with E-state index in [2.05, 4.69) is 43.4 Å². The fourth-order valence-corrected chi connectivity index (χ4v) is 2.42. The van der Waals surface area contributed by atoms with E-state index in [1.54, 1.807) is 0 Å². The van der Waals surface area contributed by atoms with E-state index in [0.717, 1.165) is 12.5 Å². The Bertz CT molecular complexity index is 324. The summed E-state index contributed by atoms with van der Waals surface area (Å²) >= 11 is 0. The maximum atomic E-state index is 3.63. The zero-order valence-corrected chi connectivity index (χ0v) is 11.2. The van der Waals surface area contributed by atoms with Gasteiger partial charge in [0.1, 0.15) is 0 Å². The lowest BCUT2D eigenvalue weighted by atomic mass is 9.99. The summed E-state index contributed by atoms with van der Waals surface area (Å²) < 4.78 is 0. The highest BCUT2D eigenvalue weighted by molar-refractivity contribution is 5.22. The predicted octanol–water partition coefficient (Wildman–Crippen LogP) is 3.71. The first-order valence-electron chi connectivity index (χ1n) is 7.07. The molecule has 94 valence electrons. The number of rotatable bonds is 7. The average molecular weight is 231 g/mol. The molecule has 1 saturated carbocycles. The lowest BCUT2D eigenvalue weighted by Gasteiger charge is -2.18. The van der Waals surface area contributed by atoms with Crippen LogP contribution < -0.4 is 5.32 Å². The van der Waals surface area contributed by atoms with Crippen LogP contribution in [0, 0.1) is 12.8 Å². The average Bonchev–Trinajstić information content (AvgIpc) is 3.13. The van der Waals surface area contributed by atoms with Crippen LogP contribution >= 0.6 is 0 Å². The topological polar surface area (TPSA) is 12.0 Å². The first-order chi connectivity index (χ1) is 8.28. The van der Waals surface area contributed by atoms with Crippen molar-refractivity contribution in [2.75, 3.05) is 6.54 Å². The first kappa shape index (κ1) is 12.6. The predicted molar refractivity (Wildman–Crippen MR) is 74.3 cm³/mol. The summed E-state index contributed by atoms with van der Waals surface area (Å²) in [5, 5.41) is 3.63. The maximum absolute atomic E-state index is 3.63. The van der Waals surface area contributed by atoms with E-state index < -0.39 is 0 Å². The summed E-state index contributed by atoms with van der Waals surface area (Å²) in [5.74, 6) is 1.05. The number of aryl methyl sites for hydroxylation is 1. The molecule has 1 aromatic carbocycles. The van der Waals surface area contributed by atoms with Gasteiger partial charge in [-0.3, -0.25) is 0 Å². The Hall–Kier alpha value is -0.820. The van der Waals surface area contributed by atoms with Crippen LogP contribution in [0.2, 0.25) is 0 Å². The summed E-state index contributed by atoms with van der Waals surface area (Å²) in [6.45, 7) is 5.44. The molecule has 1 atom stereocenters. The molecular formula is C16H25N. The molecule has 1 fully saturated rings. The van der Waals surface area contributed by atoms with Gasteiger partial charge in [-0.1, -0.05) is 49.6 Å². The summed E-state index contributed by atoms with van der Waals surface area (Å²) in [6, 6.07) is 9.66. The van der Waals surface area contributed by atoms with Gasteiger partial charge in [-0.05, 0) is 44.2 Å². The van der Waals surface area contributed by atoms with Crippen molar-refractivity contribution in [3.8, 4) is 0 Å². The van der Waals surface area contributed by atoms with E-state index in [-0.39, 0.29) is 0 Å². The van der Waals surface area contributed by atoms with Crippen molar-refractivity contribution in [3.63, 3.8) is 0 Å². The maximum Gasteiger partial charge on any atom is 0.0107 e. The SMILES string of the molecule is CCNC(CCC1CC1)Cc1ccc(C)cc1. The van der Waals surface area contributed by atoms with Gasteiger partial charge in [-0.15, -0.1) is 0 Å². The fourth-order valence-electron chi connectivity index (χ4n) is 2.42. The van der Waals surface area contributed by atoms with E-state index in [9.17, 15) is 0 Å². The molecule has 1 aromatic rings. The quantitative estimate of drug-likeness (QED) is 0.754. The van der Waals surface area contributed by atoms with Crippen molar-refractivity contribution in [2.24, 2.45) is 5.92 Å². The van der Waals surface area contributed by atoms with Crippen LogP contribution in [0.15, 0.2) is 24.3 Å². The van der Waals surface area contributed by atoms with E-state index in [0.29, 0.717) is 6.04 Å². The molecule has 2 rings (SSSR count). The van der Waals surface area contributed by atoms with Crippen molar-refractivity contribution in [1.82, 2.24) is 5.32 Å². The molecule has 0 saturated heterocycles. The second kappa shape index (κ2) is 6.20. The Balaban J connectivity index is 1.84. The Morgan fingerprint density at radius 3 is 2.53 bits per heavy atom. The molecule has 1 nitrogen and oxygen atoms in total. The van der Waals surface area contributed by atoms with Crippen molar-refractivity contribution < 1.29 is 0 Å². The minimum absolute atomic E-state index is 0.670. The summed E-state index contributed by atoms with van der Waals surface area (Å²) in [7, 11) is 0. The molecule has 0 aliphatic heterocycles. The molecule has 0 spiro atoms. The van der Waals surface area contributed by atoms with Crippen LogP contribution in [-0.2, 0) is 6.42 Å². The normalized spacial score (nSPS) is 17.1. The fraction of sp³-hybridized carbons (Fsp3) is 0.625. The summed E-state index contributed by atoms with van der Waals surface area (Å²) in [5.41, 5.74) is 2.82.